The zero-order valence-corrected chi connectivity index (χ0v) is 19.3. The number of piperidine rings is 1. The Morgan fingerprint density at radius 3 is 2.85 bits per heavy atom. The molecular weight excluding hydrogens is 420 g/mol. The van der Waals surface area contributed by atoms with E-state index in [1.165, 1.54) is 38.8 Å². The number of nitrogens with one attached hydrogen (secondary N) is 3. The van der Waals surface area contributed by atoms with Crippen LogP contribution >= 0.6 is 0 Å². The molecule has 0 unspecified atom stereocenters. The van der Waals surface area contributed by atoms with Crippen LogP contribution in [0.3, 0.4) is 0 Å². The number of H-pyrrole nitrogens is 3. The Morgan fingerprint density at radius 1 is 1.03 bits per heavy atom. The minimum Gasteiger partial charge on any atom is -0.363 e. The minimum absolute atomic E-state index is 0.0413. The Kier molecular flexibility index (Phi) is 4.36. The monoisotopic (exact) mass is 448 g/mol. The molecule has 5 aromatic rings. The van der Waals surface area contributed by atoms with Crippen molar-refractivity contribution in [2.24, 2.45) is 5.92 Å². The molecule has 1 saturated heterocycles. The van der Waals surface area contributed by atoms with Gasteiger partial charge >= 0.3 is 0 Å². The first kappa shape index (κ1) is 19.9. The molecule has 5 heterocycles. The minimum atomic E-state index is 0.0413. The summed E-state index contributed by atoms with van der Waals surface area (Å²) in [5.74, 6) is 0.465. The lowest BCUT2D eigenvalue weighted by Crippen LogP contribution is -2.43. The van der Waals surface area contributed by atoms with Gasteiger partial charge in [-0.3, -0.25) is 9.69 Å². The third-order valence-electron chi connectivity index (χ3n) is 8.13. The van der Waals surface area contributed by atoms with E-state index in [2.05, 4.69) is 63.2 Å². The number of hydrogen-bond acceptors (Lipinski definition) is 2. The first-order valence-electron chi connectivity index (χ1n) is 12.3. The van der Waals surface area contributed by atoms with Crippen LogP contribution in [0.2, 0.25) is 0 Å². The van der Waals surface area contributed by atoms with E-state index in [4.69, 9.17) is 0 Å². The second kappa shape index (κ2) is 7.47. The van der Waals surface area contributed by atoms with Gasteiger partial charge in [0.15, 0.2) is 5.43 Å². The van der Waals surface area contributed by atoms with Crippen LogP contribution in [0.15, 0.2) is 71.2 Å². The van der Waals surface area contributed by atoms with Gasteiger partial charge in [0.25, 0.3) is 0 Å². The molecule has 2 aliphatic rings. The van der Waals surface area contributed by atoms with E-state index in [0.29, 0.717) is 12.0 Å². The van der Waals surface area contributed by atoms with Crippen molar-refractivity contribution in [3.05, 3.63) is 93.6 Å². The molecule has 2 aliphatic heterocycles. The molecule has 2 aromatic carbocycles. The first-order chi connectivity index (χ1) is 16.7. The molecule has 2 atom stereocenters. The second-order valence-corrected chi connectivity index (χ2v) is 9.88. The van der Waals surface area contributed by atoms with Crippen molar-refractivity contribution in [1.82, 2.24) is 19.9 Å². The molecule has 3 N–H and O–H groups in total. The van der Waals surface area contributed by atoms with Gasteiger partial charge in [0.1, 0.15) is 0 Å². The molecule has 170 valence electrons. The summed E-state index contributed by atoms with van der Waals surface area (Å²) >= 11 is 0. The van der Waals surface area contributed by atoms with E-state index in [0.717, 1.165) is 48.8 Å². The lowest BCUT2D eigenvalue weighted by Gasteiger charge is -2.44. The van der Waals surface area contributed by atoms with Crippen LogP contribution in [0.1, 0.15) is 36.3 Å². The fourth-order valence-corrected chi connectivity index (χ4v) is 6.47. The third kappa shape index (κ3) is 2.93. The van der Waals surface area contributed by atoms with Crippen molar-refractivity contribution < 1.29 is 0 Å². The number of benzene rings is 2. The maximum absolute atomic E-state index is 11.9. The number of pyridine rings is 1. The van der Waals surface area contributed by atoms with Gasteiger partial charge in [-0.05, 0) is 61.9 Å². The van der Waals surface area contributed by atoms with Gasteiger partial charge in [-0.2, -0.15) is 0 Å². The van der Waals surface area contributed by atoms with Crippen molar-refractivity contribution in [1.29, 1.82) is 0 Å². The molecule has 0 spiro atoms. The van der Waals surface area contributed by atoms with Crippen LogP contribution < -0.4 is 5.43 Å². The smallest absolute Gasteiger partial charge is 0.180 e. The SMILES string of the molecule is CC=C1CN2CCc3c([nH]c4ccccc34)[C@@H]2C[C@@H]1Cc1[nH]ccc2c1[nH]c1cc(=O)ccc12. The highest BCUT2D eigenvalue weighted by atomic mass is 16.1. The molecule has 0 saturated carbocycles. The third-order valence-corrected chi connectivity index (χ3v) is 8.13. The Bertz CT molecular complexity index is 1650. The normalized spacial score (nSPS) is 22.0. The topological polar surface area (TPSA) is 67.7 Å². The number of rotatable bonds is 2. The molecule has 7 rings (SSSR count). The van der Waals surface area contributed by atoms with Crippen molar-refractivity contribution in [2.75, 3.05) is 13.1 Å². The van der Waals surface area contributed by atoms with E-state index >= 15 is 0 Å². The highest BCUT2D eigenvalue weighted by Gasteiger charge is 2.37. The number of aromatic amines is 3. The summed E-state index contributed by atoms with van der Waals surface area (Å²) < 4.78 is 0. The van der Waals surface area contributed by atoms with Crippen LogP contribution in [0.5, 0.6) is 0 Å². The molecule has 0 radical (unpaired) electrons. The molecule has 5 heteroatoms. The zero-order chi connectivity index (χ0) is 22.8. The average molecular weight is 449 g/mol. The molecule has 5 nitrogen and oxygen atoms in total. The summed E-state index contributed by atoms with van der Waals surface area (Å²) in [6.07, 6.45) is 7.54. The summed E-state index contributed by atoms with van der Waals surface area (Å²) in [6, 6.07) is 16.6. The van der Waals surface area contributed by atoms with Crippen LogP contribution in [-0.4, -0.2) is 32.9 Å². The van der Waals surface area contributed by atoms with Crippen LogP contribution in [0, 0.1) is 5.92 Å². The Labute approximate surface area is 197 Å². The van der Waals surface area contributed by atoms with Crippen molar-refractivity contribution >= 4 is 32.7 Å². The van der Waals surface area contributed by atoms with Gasteiger partial charge in [0.2, 0.25) is 0 Å². The van der Waals surface area contributed by atoms with Crippen LogP contribution in [0.4, 0.5) is 0 Å². The molecule has 0 amide bonds. The van der Waals surface area contributed by atoms with E-state index in [-0.39, 0.29) is 5.43 Å². The summed E-state index contributed by atoms with van der Waals surface area (Å²) in [5, 5.41) is 3.68. The predicted molar refractivity (Wildman–Crippen MR) is 138 cm³/mol. The predicted octanol–water partition coefficient (Wildman–Crippen LogP) is 5.60. The fraction of sp³-hybridized carbons (Fsp3) is 0.276. The van der Waals surface area contributed by atoms with Crippen LogP contribution in [-0.2, 0) is 12.8 Å². The van der Waals surface area contributed by atoms with E-state index < -0.39 is 0 Å². The number of aromatic nitrogens is 3. The van der Waals surface area contributed by atoms with Crippen molar-refractivity contribution in [3.8, 4) is 0 Å². The highest BCUT2D eigenvalue weighted by molar-refractivity contribution is 6.07. The van der Waals surface area contributed by atoms with Gasteiger partial charge in [-0.15, -0.1) is 0 Å². The lowest BCUT2D eigenvalue weighted by molar-refractivity contribution is 0.138. The van der Waals surface area contributed by atoms with Gasteiger partial charge < -0.3 is 15.0 Å². The molecule has 34 heavy (non-hydrogen) atoms. The summed E-state index contributed by atoms with van der Waals surface area (Å²) in [7, 11) is 0. The lowest BCUT2D eigenvalue weighted by atomic mass is 9.79. The molecule has 0 aliphatic carbocycles. The molecule has 1 fully saturated rings. The van der Waals surface area contributed by atoms with Gasteiger partial charge in [-0.1, -0.05) is 29.8 Å². The Balaban J connectivity index is 1.28. The second-order valence-electron chi connectivity index (χ2n) is 9.88. The van der Waals surface area contributed by atoms with Gasteiger partial charge in [0.05, 0.1) is 17.1 Å². The number of para-hydroxylation sites is 1. The number of fused-ring (bicyclic) bond motifs is 8. The average Bonchev–Trinajstić information content (AvgIpc) is 3.42. The first-order valence-corrected chi connectivity index (χ1v) is 12.3. The molecule has 3 aromatic heterocycles. The van der Waals surface area contributed by atoms with Gasteiger partial charge in [-0.25, -0.2) is 0 Å². The quantitative estimate of drug-likeness (QED) is 0.308. The molecular formula is C29H28N4O. The van der Waals surface area contributed by atoms with E-state index in [9.17, 15) is 4.79 Å². The van der Waals surface area contributed by atoms with Gasteiger partial charge in [0, 0.05) is 58.4 Å². The fourth-order valence-electron chi connectivity index (χ4n) is 6.47. The maximum Gasteiger partial charge on any atom is 0.180 e. The van der Waals surface area contributed by atoms with Crippen molar-refractivity contribution in [3.63, 3.8) is 0 Å². The largest absolute Gasteiger partial charge is 0.363 e. The summed E-state index contributed by atoms with van der Waals surface area (Å²) in [6.45, 7) is 4.33. The van der Waals surface area contributed by atoms with Crippen LogP contribution in [0.25, 0.3) is 32.7 Å². The Morgan fingerprint density at radius 2 is 1.94 bits per heavy atom. The summed E-state index contributed by atoms with van der Waals surface area (Å²) in [4.78, 5) is 25.4. The number of allylic oxidation sites excluding steroid dienone is 1. The Hall–Kier alpha value is -3.57. The maximum atomic E-state index is 11.9. The number of nitrogens with zero attached hydrogens (tertiary/aromatic N) is 1. The highest BCUT2D eigenvalue weighted by Crippen LogP contribution is 2.44. The number of hydrogen-bond donors (Lipinski definition) is 3. The van der Waals surface area contributed by atoms with E-state index in [1.54, 1.807) is 12.1 Å². The van der Waals surface area contributed by atoms with E-state index in [1.807, 2.05) is 12.3 Å². The standard InChI is InChI=1S/C29H28N4O/c1-2-17-16-33-12-10-23-20-5-3-4-6-24(20)31-29(23)27(33)14-18(17)13-26-28-22(9-11-30-26)21-8-7-19(34)15-25(21)32-28/h2-9,11,15,18,27,30-32H,10,12-14,16H2,1H3/t18-,27-/m0/s1. The summed E-state index contributed by atoms with van der Waals surface area (Å²) in [5.41, 5.74) is 9.01. The van der Waals surface area contributed by atoms with Crippen molar-refractivity contribution in [2.45, 2.75) is 32.2 Å². The zero-order valence-electron chi connectivity index (χ0n) is 19.3. The molecule has 0 bridgehead atoms.